The number of carbonyl (C=O) groups is 1. The Kier molecular flexibility index (Phi) is 4.91. The molecule has 0 aliphatic carbocycles. The van der Waals surface area contributed by atoms with Crippen molar-refractivity contribution in [3.8, 4) is 0 Å². The molecule has 3 heteroatoms. The van der Waals surface area contributed by atoms with Gasteiger partial charge in [-0.1, -0.05) is 13.0 Å². The first-order valence-corrected chi connectivity index (χ1v) is 6.46. The molecular formula is C15H24N2O. The SMILES string of the molecule is Cc1cc(C)c(C)c(NC(=O)C(C)CCN)c1C. The van der Waals surface area contributed by atoms with Gasteiger partial charge in [0.25, 0.3) is 0 Å². The molecule has 1 atom stereocenters. The molecule has 18 heavy (non-hydrogen) atoms. The van der Waals surface area contributed by atoms with Crippen molar-refractivity contribution in [1.29, 1.82) is 0 Å². The van der Waals surface area contributed by atoms with E-state index in [1.807, 2.05) is 20.8 Å². The highest BCUT2D eigenvalue weighted by atomic mass is 16.1. The Morgan fingerprint density at radius 3 is 2.17 bits per heavy atom. The lowest BCUT2D eigenvalue weighted by atomic mass is 9.98. The number of aryl methyl sites for hydroxylation is 2. The van der Waals surface area contributed by atoms with E-state index >= 15 is 0 Å². The number of amides is 1. The van der Waals surface area contributed by atoms with Crippen molar-refractivity contribution in [1.82, 2.24) is 0 Å². The molecular weight excluding hydrogens is 224 g/mol. The predicted molar refractivity (Wildman–Crippen MR) is 76.9 cm³/mol. The number of hydrogen-bond acceptors (Lipinski definition) is 2. The Morgan fingerprint density at radius 1 is 1.22 bits per heavy atom. The van der Waals surface area contributed by atoms with E-state index in [1.54, 1.807) is 0 Å². The van der Waals surface area contributed by atoms with Gasteiger partial charge in [-0.05, 0) is 62.9 Å². The zero-order chi connectivity index (χ0) is 13.9. The third-order valence-electron chi connectivity index (χ3n) is 3.66. The highest BCUT2D eigenvalue weighted by Crippen LogP contribution is 2.27. The molecule has 0 saturated carbocycles. The van der Waals surface area contributed by atoms with Gasteiger partial charge in [-0.15, -0.1) is 0 Å². The first-order valence-electron chi connectivity index (χ1n) is 6.46. The van der Waals surface area contributed by atoms with Gasteiger partial charge in [0.05, 0.1) is 0 Å². The second-order valence-corrected chi connectivity index (χ2v) is 5.10. The number of nitrogens with two attached hydrogens (primary N) is 1. The second kappa shape index (κ2) is 6.01. The third-order valence-corrected chi connectivity index (χ3v) is 3.66. The van der Waals surface area contributed by atoms with E-state index < -0.39 is 0 Å². The van der Waals surface area contributed by atoms with Crippen LogP contribution in [0, 0.1) is 33.6 Å². The largest absolute Gasteiger partial charge is 0.330 e. The molecule has 0 saturated heterocycles. The molecule has 3 nitrogen and oxygen atoms in total. The van der Waals surface area contributed by atoms with Crippen molar-refractivity contribution >= 4 is 11.6 Å². The Labute approximate surface area is 110 Å². The van der Waals surface area contributed by atoms with Crippen LogP contribution in [-0.4, -0.2) is 12.5 Å². The van der Waals surface area contributed by atoms with Gasteiger partial charge < -0.3 is 11.1 Å². The van der Waals surface area contributed by atoms with Gasteiger partial charge >= 0.3 is 0 Å². The molecule has 0 bridgehead atoms. The molecule has 1 aromatic rings. The highest BCUT2D eigenvalue weighted by Gasteiger charge is 2.15. The molecule has 0 aliphatic rings. The van der Waals surface area contributed by atoms with Crippen LogP contribution in [0.1, 0.15) is 35.6 Å². The molecule has 0 aromatic heterocycles. The zero-order valence-corrected chi connectivity index (χ0v) is 12.1. The van der Waals surface area contributed by atoms with Crippen molar-refractivity contribution in [2.75, 3.05) is 11.9 Å². The molecule has 1 rings (SSSR count). The van der Waals surface area contributed by atoms with Crippen LogP contribution < -0.4 is 11.1 Å². The summed E-state index contributed by atoms with van der Waals surface area (Å²) in [4.78, 5) is 12.1. The summed E-state index contributed by atoms with van der Waals surface area (Å²) in [5.74, 6) is 0.00580. The molecule has 0 heterocycles. The molecule has 0 radical (unpaired) electrons. The molecule has 1 aromatic carbocycles. The third kappa shape index (κ3) is 3.10. The molecule has 1 amide bonds. The molecule has 3 N–H and O–H groups in total. The minimum Gasteiger partial charge on any atom is -0.330 e. The lowest BCUT2D eigenvalue weighted by Gasteiger charge is -2.18. The Hall–Kier alpha value is -1.35. The summed E-state index contributed by atoms with van der Waals surface area (Å²) in [6, 6.07) is 2.16. The first kappa shape index (κ1) is 14.7. The minimum atomic E-state index is -0.0466. The zero-order valence-electron chi connectivity index (χ0n) is 12.1. The van der Waals surface area contributed by atoms with Crippen molar-refractivity contribution in [3.63, 3.8) is 0 Å². The van der Waals surface area contributed by atoms with Gasteiger partial charge in [-0.3, -0.25) is 4.79 Å². The van der Waals surface area contributed by atoms with Gasteiger partial charge in [-0.2, -0.15) is 0 Å². The number of carbonyl (C=O) groups excluding carboxylic acids is 1. The molecule has 100 valence electrons. The average molecular weight is 248 g/mol. The monoisotopic (exact) mass is 248 g/mol. The number of hydrogen-bond donors (Lipinski definition) is 2. The quantitative estimate of drug-likeness (QED) is 0.861. The number of rotatable bonds is 4. The number of benzene rings is 1. The van der Waals surface area contributed by atoms with Crippen LogP contribution in [0.5, 0.6) is 0 Å². The van der Waals surface area contributed by atoms with E-state index in [0.29, 0.717) is 13.0 Å². The summed E-state index contributed by atoms with van der Waals surface area (Å²) in [5.41, 5.74) is 11.2. The van der Waals surface area contributed by atoms with E-state index in [4.69, 9.17) is 5.73 Å². The highest BCUT2D eigenvalue weighted by molar-refractivity contribution is 5.94. The van der Waals surface area contributed by atoms with Crippen LogP contribution in [0.4, 0.5) is 5.69 Å². The summed E-state index contributed by atoms with van der Waals surface area (Å²) >= 11 is 0. The van der Waals surface area contributed by atoms with Crippen molar-refractivity contribution < 1.29 is 4.79 Å². The van der Waals surface area contributed by atoms with Crippen LogP contribution in [0.15, 0.2) is 6.07 Å². The average Bonchev–Trinajstić information content (AvgIpc) is 2.32. The normalized spacial score (nSPS) is 12.3. The summed E-state index contributed by atoms with van der Waals surface area (Å²) in [6.45, 7) is 10.7. The fourth-order valence-corrected chi connectivity index (χ4v) is 2.03. The van der Waals surface area contributed by atoms with Crippen molar-refractivity contribution in [3.05, 3.63) is 28.3 Å². The van der Waals surface area contributed by atoms with Gasteiger partial charge in [-0.25, -0.2) is 0 Å². The summed E-state index contributed by atoms with van der Waals surface area (Å²) in [5, 5.41) is 3.05. The maximum Gasteiger partial charge on any atom is 0.227 e. The predicted octanol–water partition coefficient (Wildman–Crippen LogP) is 2.84. The van der Waals surface area contributed by atoms with Crippen molar-refractivity contribution in [2.24, 2.45) is 11.7 Å². The lowest BCUT2D eigenvalue weighted by molar-refractivity contribution is -0.119. The van der Waals surface area contributed by atoms with Crippen LogP contribution in [0.3, 0.4) is 0 Å². The fraction of sp³-hybridized carbons (Fsp3) is 0.533. The summed E-state index contributed by atoms with van der Waals surface area (Å²) < 4.78 is 0. The smallest absolute Gasteiger partial charge is 0.227 e. The van der Waals surface area contributed by atoms with E-state index in [1.165, 1.54) is 11.1 Å². The topological polar surface area (TPSA) is 55.1 Å². The van der Waals surface area contributed by atoms with E-state index in [0.717, 1.165) is 16.8 Å². The number of nitrogens with one attached hydrogen (secondary N) is 1. The standard InChI is InChI=1S/C15H24N2O/c1-9(6-7-16)15(18)17-14-12(4)10(2)8-11(3)13(14)5/h8-9H,6-7,16H2,1-5H3,(H,17,18). The van der Waals surface area contributed by atoms with Gasteiger partial charge in [0, 0.05) is 11.6 Å². The maximum atomic E-state index is 12.1. The molecule has 0 aliphatic heterocycles. The van der Waals surface area contributed by atoms with E-state index in [-0.39, 0.29) is 11.8 Å². The fourth-order valence-electron chi connectivity index (χ4n) is 2.03. The lowest BCUT2D eigenvalue weighted by Crippen LogP contribution is -2.23. The molecule has 0 fully saturated rings. The van der Waals surface area contributed by atoms with Gasteiger partial charge in [0.2, 0.25) is 5.91 Å². The Bertz CT molecular complexity index is 426. The second-order valence-electron chi connectivity index (χ2n) is 5.10. The van der Waals surface area contributed by atoms with Gasteiger partial charge in [0.1, 0.15) is 0 Å². The van der Waals surface area contributed by atoms with E-state index in [2.05, 4.69) is 25.2 Å². The Morgan fingerprint density at radius 2 is 1.72 bits per heavy atom. The maximum absolute atomic E-state index is 12.1. The van der Waals surface area contributed by atoms with Crippen LogP contribution in [0.2, 0.25) is 0 Å². The Balaban J connectivity index is 3.01. The van der Waals surface area contributed by atoms with Crippen LogP contribution in [-0.2, 0) is 4.79 Å². The van der Waals surface area contributed by atoms with Crippen LogP contribution in [0.25, 0.3) is 0 Å². The first-order chi connectivity index (χ1) is 8.38. The summed E-state index contributed by atoms with van der Waals surface area (Å²) in [6.07, 6.45) is 0.717. The minimum absolute atomic E-state index is 0.0466. The summed E-state index contributed by atoms with van der Waals surface area (Å²) in [7, 11) is 0. The van der Waals surface area contributed by atoms with Gasteiger partial charge in [0.15, 0.2) is 0 Å². The molecule has 1 unspecified atom stereocenters. The number of anilines is 1. The molecule has 0 spiro atoms. The van der Waals surface area contributed by atoms with E-state index in [9.17, 15) is 4.79 Å². The van der Waals surface area contributed by atoms with Crippen molar-refractivity contribution in [2.45, 2.75) is 41.0 Å². The van der Waals surface area contributed by atoms with Crippen LogP contribution >= 0.6 is 0 Å².